The van der Waals surface area contributed by atoms with Gasteiger partial charge in [0.2, 0.25) is 0 Å². The molecule has 2 aromatic heterocycles. The van der Waals surface area contributed by atoms with E-state index in [1.165, 1.54) is 11.0 Å². The predicted molar refractivity (Wildman–Crippen MR) is 83.2 cm³/mol. The number of nitrogens with zero attached hydrogens (tertiary/aromatic N) is 5. The topological polar surface area (TPSA) is 101 Å². The third-order valence-corrected chi connectivity index (χ3v) is 3.42. The molecule has 4 rings (SSSR count). The zero-order chi connectivity index (χ0) is 15.6. The quantitative estimate of drug-likeness (QED) is 0.601. The molecule has 0 spiro atoms. The summed E-state index contributed by atoms with van der Waals surface area (Å²) >= 11 is 0. The number of hydrogen-bond acceptors (Lipinski definition) is 5. The van der Waals surface area contributed by atoms with E-state index < -0.39 is 0 Å². The Balaban J connectivity index is 1.57. The molecule has 0 fully saturated rings. The van der Waals surface area contributed by atoms with Crippen molar-refractivity contribution in [3.05, 3.63) is 60.6 Å². The molecule has 0 unspecified atom stereocenters. The minimum atomic E-state index is -0.266. The molecule has 8 heteroatoms. The second-order valence-electron chi connectivity index (χ2n) is 4.87. The molecular weight excluding hydrogens is 294 g/mol. The molecular formula is C15H11N7O. The molecule has 0 bridgehead atoms. The number of carbonyl (C=O) groups excluding carboxylic acids is 1. The summed E-state index contributed by atoms with van der Waals surface area (Å²) in [5, 5.41) is 21.5. The number of carbonyl (C=O) groups is 1. The van der Waals surface area contributed by atoms with Gasteiger partial charge in [-0.15, -0.1) is 5.10 Å². The first kappa shape index (κ1) is 13.1. The van der Waals surface area contributed by atoms with Gasteiger partial charge in [-0.1, -0.05) is 18.2 Å². The van der Waals surface area contributed by atoms with Crippen LogP contribution >= 0.6 is 0 Å². The molecule has 4 aromatic rings. The Kier molecular flexibility index (Phi) is 3.05. The Bertz CT molecular complexity index is 957. The summed E-state index contributed by atoms with van der Waals surface area (Å²) in [6.07, 6.45) is 1.50. The van der Waals surface area contributed by atoms with Crippen molar-refractivity contribution < 1.29 is 4.79 Å². The first-order valence-electron chi connectivity index (χ1n) is 6.89. The largest absolute Gasteiger partial charge is 0.321 e. The van der Waals surface area contributed by atoms with Crippen LogP contribution in [0.5, 0.6) is 0 Å². The predicted octanol–water partition coefficient (Wildman–Crippen LogP) is 1.79. The molecule has 0 atom stereocenters. The van der Waals surface area contributed by atoms with Crippen molar-refractivity contribution in [3.63, 3.8) is 0 Å². The fourth-order valence-electron chi connectivity index (χ4n) is 2.30. The lowest BCUT2D eigenvalue weighted by Crippen LogP contribution is -2.12. The zero-order valence-electron chi connectivity index (χ0n) is 11.8. The van der Waals surface area contributed by atoms with Crippen LogP contribution < -0.4 is 5.32 Å². The Hall–Kier alpha value is -3.55. The Morgan fingerprint density at radius 1 is 1.09 bits per heavy atom. The van der Waals surface area contributed by atoms with Gasteiger partial charge >= 0.3 is 0 Å². The number of nitrogens with one attached hydrogen (secondary N) is 2. The van der Waals surface area contributed by atoms with E-state index in [0.717, 1.165) is 16.6 Å². The minimum absolute atomic E-state index is 0.266. The number of anilines is 1. The van der Waals surface area contributed by atoms with Crippen molar-refractivity contribution in [2.45, 2.75) is 0 Å². The molecule has 1 amide bonds. The van der Waals surface area contributed by atoms with E-state index in [0.29, 0.717) is 11.4 Å². The molecule has 0 saturated heterocycles. The van der Waals surface area contributed by atoms with Crippen molar-refractivity contribution in [1.82, 2.24) is 30.4 Å². The number of rotatable bonds is 3. The lowest BCUT2D eigenvalue weighted by molar-refractivity contribution is 0.102. The normalized spacial score (nSPS) is 10.8. The van der Waals surface area contributed by atoms with E-state index in [-0.39, 0.29) is 5.91 Å². The van der Waals surface area contributed by atoms with Crippen molar-refractivity contribution in [1.29, 1.82) is 0 Å². The van der Waals surface area contributed by atoms with Gasteiger partial charge in [0.25, 0.3) is 5.91 Å². The van der Waals surface area contributed by atoms with Crippen LogP contribution in [0.1, 0.15) is 10.5 Å². The maximum atomic E-state index is 12.4. The molecule has 112 valence electrons. The highest BCUT2D eigenvalue weighted by Gasteiger charge is 2.13. The number of tetrazole rings is 1. The van der Waals surface area contributed by atoms with E-state index in [1.807, 2.05) is 36.4 Å². The molecule has 2 aromatic carbocycles. The summed E-state index contributed by atoms with van der Waals surface area (Å²) in [5.74, 6) is -0.266. The van der Waals surface area contributed by atoms with Crippen LogP contribution in [0.15, 0.2) is 54.9 Å². The molecule has 0 saturated carbocycles. The molecule has 0 aliphatic carbocycles. The van der Waals surface area contributed by atoms with Crippen molar-refractivity contribution in [2.24, 2.45) is 0 Å². The highest BCUT2D eigenvalue weighted by atomic mass is 16.1. The van der Waals surface area contributed by atoms with Gasteiger partial charge in [0.05, 0.1) is 11.2 Å². The average Bonchev–Trinajstić information content (AvgIpc) is 3.25. The number of hydrogen-bond donors (Lipinski definition) is 2. The number of aromatic nitrogens is 6. The van der Waals surface area contributed by atoms with Crippen LogP contribution in [0.4, 0.5) is 5.69 Å². The zero-order valence-corrected chi connectivity index (χ0v) is 11.8. The summed E-state index contributed by atoms with van der Waals surface area (Å²) in [4.78, 5) is 12.4. The lowest BCUT2D eigenvalue weighted by Gasteiger charge is -2.05. The number of amides is 1. The van der Waals surface area contributed by atoms with Crippen LogP contribution in [0, 0.1) is 0 Å². The summed E-state index contributed by atoms with van der Waals surface area (Å²) in [5.41, 5.74) is 2.66. The van der Waals surface area contributed by atoms with Crippen molar-refractivity contribution in [3.8, 4) is 5.69 Å². The molecule has 0 radical (unpaired) electrons. The van der Waals surface area contributed by atoms with Gasteiger partial charge in [-0.3, -0.25) is 9.89 Å². The van der Waals surface area contributed by atoms with Crippen LogP contribution in [-0.4, -0.2) is 36.3 Å². The van der Waals surface area contributed by atoms with Gasteiger partial charge in [-0.25, -0.2) is 4.68 Å². The van der Waals surface area contributed by atoms with Gasteiger partial charge in [-0.2, -0.15) is 5.10 Å². The number of H-pyrrole nitrogens is 1. The number of benzene rings is 2. The van der Waals surface area contributed by atoms with Crippen LogP contribution in [0.2, 0.25) is 0 Å². The SMILES string of the molecule is O=C(Nc1ccc(-n2cnnn2)cc1)c1n[nH]c2ccccc12. The lowest BCUT2D eigenvalue weighted by atomic mass is 10.2. The second-order valence-corrected chi connectivity index (χ2v) is 4.87. The van der Waals surface area contributed by atoms with E-state index in [9.17, 15) is 4.79 Å². The molecule has 0 aliphatic heterocycles. The van der Waals surface area contributed by atoms with E-state index in [2.05, 4.69) is 31.0 Å². The van der Waals surface area contributed by atoms with Gasteiger partial charge in [-0.05, 0) is 40.8 Å². The highest BCUT2D eigenvalue weighted by Crippen LogP contribution is 2.17. The Morgan fingerprint density at radius 2 is 1.91 bits per heavy atom. The van der Waals surface area contributed by atoms with Crippen LogP contribution in [0.3, 0.4) is 0 Å². The molecule has 2 heterocycles. The van der Waals surface area contributed by atoms with Crippen molar-refractivity contribution in [2.75, 3.05) is 5.32 Å². The first-order chi connectivity index (χ1) is 11.3. The fourth-order valence-corrected chi connectivity index (χ4v) is 2.30. The van der Waals surface area contributed by atoms with E-state index >= 15 is 0 Å². The van der Waals surface area contributed by atoms with Gasteiger partial charge in [0.15, 0.2) is 5.69 Å². The molecule has 0 aliphatic rings. The maximum Gasteiger partial charge on any atom is 0.276 e. The third-order valence-electron chi connectivity index (χ3n) is 3.42. The summed E-state index contributed by atoms with van der Waals surface area (Å²) in [7, 11) is 0. The van der Waals surface area contributed by atoms with Crippen LogP contribution in [0.25, 0.3) is 16.6 Å². The number of para-hydroxylation sites is 1. The summed E-state index contributed by atoms with van der Waals surface area (Å²) in [6.45, 7) is 0. The number of aromatic amines is 1. The summed E-state index contributed by atoms with van der Waals surface area (Å²) < 4.78 is 1.53. The second kappa shape index (κ2) is 5.34. The maximum absolute atomic E-state index is 12.4. The fraction of sp³-hybridized carbons (Fsp3) is 0. The highest BCUT2D eigenvalue weighted by molar-refractivity contribution is 6.11. The van der Waals surface area contributed by atoms with Crippen molar-refractivity contribution >= 4 is 22.5 Å². The van der Waals surface area contributed by atoms with E-state index in [1.54, 1.807) is 12.1 Å². The van der Waals surface area contributed by atoms with Gasteiger partial charge in [0.1, 0.15) is 6.33 Å². The Morgan fingerprint density at radius 3 is 2.70 bits per heavy atom. The van der Waals surface area contributed by atoms with E-state index in [4.69, 9.17) is 0 Å². The molecule has 23 heavy (non-hydrogen) atoms. The van der Waals surface area contributed by atoms with Gasteiger partial charge in [0, 0.05) is 11.1 Å². The number of fused-ring (bicyclic) bond motifs is 1. The van der Waals surface area contributed by atoms with Crippen LogP contribution in [-0.2, 0) is 0 Å². The molecule has 8 nitrogen and oxygen atoms in total. The smallest absolute Gasteiger partial charge is 0.276 e. The monoisotopic (exact) mass is 305 g/mol. The summed E-state index contributed by atoms with van der Waals surface area (Å²) in [6, 6.07) is 14.7. The third kappa shape index (κ3) is 2.42. The first-order valence-corrected chi connectivity index (χ1v) is 6.89. The minimum Gasteiger partial charge on any atom is -0.321 e. The average molecular weight is 305 g/mol. The Labute approximate surface area is 130 Å². The molecule has 2 N–H and O–H groups in total. The standard InChI is InChI=1S/C15H11N7O/c23-15(14-12-3-1-2-4-13(12)18-19-14)17-10-5-7-11(8-6-10)22-9-16-20-21-22/h1-9H,(H,17,23)(H,18,19). The van der Waals surface area contributed by atoms with Gasteiger partial charge < -0.3 is 5.32 Å².